The third-order valence-corrected chi connectivity index (χ3v) is 5.94. The lowest BCUT2D eigenvalue weighted by Crippen LogP contribution is -2.38. The molecular formula is C16H25NOS. The minimum Gasteiger partial charge on any atom is -0.387 e. The van der Waals surface area contributed by atoms with Crippen LogP contribution in [0.2, 0.25) is 0 Å². The molecule has 1 spiro atoms. The van der Waals surface area contributed by atoms with Gasteiger partial charge in [-0.15, -0.1) is 0 Å². The summed E-state index contributed by atoms with van der Waals surface area (Å²) in [5.41, 5.74) is 1.77. The average molecular weight is 279 g/mol. The zero-order chi connectivity index (χ0) is 13.1. The molecule has 1 heterocycles. The molecule has 1 atom stereocenters. The molecular weight excluding hydrogens is 254 g/mol. The summed E-state index contributed by atoms with van der Waals surface area (Å²) >= 11 is 1.65. The second-order valence-electron chi connectivity index (χ2n) is 6.46. The van der Waals surface area contributed by atoms with Crippen molar-refractivity contribution in [1.29, 1.82) is 0 Å². The lowest BCUT2D eigenvalue weighted by molar-refractivity contribution is 0.140. The van der Waals surface area contributed by atoms with E-state index < -0.39 is 0 Å². The molecule has 1 unspecified atom stereocenters. The van der Waals surface area contributed by atoms with Crippen molar-refractivity contribution in [2.75, 3.05) is 6.54 Å². The highest BCUT2D eigenvalue weighted by Crippen LogP contribution is 2.48. The first-order valence-corrected chi connectivity index (χ1v) is 8.65. The number of nitrogens with one attached hydrogen (secondary N) is 1. The van der Waals surface area contributed by atoms with Gasteiger partial charge in [0, 0.05) is 12.6 Å². The molecule has 2 N–H and O–H groups in total. The SMILES string of the molecule is OC(CNC1CCC2(CCCC2)CC1)c1ccsc1. The van der Waals surface area contributed by atoms with Gasteiger partial charge >= 0.3 is 0 Å². The molecule has 106 valence electrons. The Morgan fingerprint density at radius 3 is 2.63 bits per heavy atom. The molecule has 2 nitrogen and oxygen atoms in total. The maximum atomic E-state index is 10.1. The lowest BCUT2D eigenvalue weighted by Gasteiger charge is -2.37. The lowest BCUT2D eigenvalue weighted by atomic mass is 9.71. The van der Waals surface area contributed by atoms with Crippen LogP contribution in [-0.4, -0.2) is 17.7 Å². The molecule has 1 aromatic heterocycles. The summed E-state index contributed by atoms with van der Waals surface area (Å²) in [5, 5.41) is 17.7. The fourth-order valence-electron chi connectivity index (χ4n) is 3.92. The zero-order valence-corrected chi connectivity index (χ0v) is 12.4. The van der Waals surface area contributed by atoms with Gasteiger partial charge in [-0.1, -0.05) is 12.8 Å². The second-order valence-corrected chi connectivity index (χ2v) is 7.24. The van der Waals surface area contributed by atoms with Crippen LogP contribution in [0.5, 0.6) is 0 Å². The first kappa shape index (κ1) is 13.6. The minimum atomic E-state index is -0.339. The van der Waals surface area contributed by atoms with Crippen LogP contribution in [0.1, 0.15) is 63.0 Å². The quantitative estimate of drug-likeness (QED) is 0.877. The largest absolute Gasteiger partial charge is 0.387 e. The van der Waals surface area contributed by atoms with Gasteiger partial charge in [-0.2, -0.15) is 11.3 Å². The maximum Gasteiger partial charge on any atom is 0.0922 e. The van der Waals surface area contributed by atoms with Crippen LogP contribution in [0, 0.1) is 5.41 Å². The molecule has 1 aromatic rings. The number of thiophene rings is 1. The molecule has 0 aromatic carbocycles. The van der Waals surface area contributed by atoms with Crippen LogP contribution in [0.15, 0.2) is 16.8 Å². The Morgan fingerprint density at radius 2 is 2.00 bits per heavy atom. The molecule has 0 aliphatic heterocycles. The summed E-state index contributed by atoms with van der Waals surface area (Å²) in [6.07, 6.45) is 10.9. The Labute approximate surface area is 120 Å². The molecule has 0 saturated heterocycles. The van der Waals surface area contributed by atoms with E-state index in [2.05, 4.69) is 5.32 Å². The van der Waals surface area contributed by atoms with Gasteiger partial charge in [-0.05, 0) is 66.3 Å². The number of aliphatic hydroxyl groups excluding tert-OH is 1. The maximum absolute atomic E-state index is 10.1. The van der Waals surface area contributed by atoms with E-state index in [1.54, 1.807) is 11.3 Å². The first-order chi connectivity index (χ1) is 9.27. The van der Waals surface area contributed by atoms with Crippen molar-refractivity contribution in [3.63, 3.8) is 0 Å². The van der Waals surface area contributed by atoms with E-state index in [4.69, 9.17) is 0 Å². The molecule has 2 fully saturated rings. The predicted molar refractivity (Wildman–Crippen MR) is 80.4 cm³/mol. The summed E-state index contributed by atoms with van der Waals surface area (Å²) in [6.45, 7) is 0.703. The van der Waals surface area contributed by atoms with Crippen molar-refractivity contribution in [3.8, 4) is 0 Å². The fourth-order valence-corrected chi connectivity index (χ4v) is 4.63. The molecule has 2 saturated carbocycles. The molecule has 2 aliphatic rings. The van der Waals surface area contributed by atoms with Crippen molar-refractivity contribution < 1.29 is 5.11 Å². The predicted octanol–water partition coefficient (Wildman–Crippen LogP) is 3.87. The molecule has 0 amide bonds. The van der Waals surface area contributed by atoms with Crippen LogP contribution < -0.4 is 5.32 Å². The van der Waals surface area contributed by atoms with E-state index in [1.165, 1.54) is 51.4 Å². The van der Waals surface area contributed by atoms with Crippen LogP contribution in [0.25, 0.3) is 0 Å². The van der Waals surface area contributed by atoms with Gasteiger partial charge in [0.25, 0.3) is 0 Å². The van der Waals surface area contributed by atoms with Gasteiger partial charge in [-0.25, -0.2) is 0 Å². The van der Waals surface area contributed by atoms with E-state index in [1.807, 2.05) is 16.8 Å². The minimum absolute atomic E-state index is 0.339. The highest BCUT2D eigenvalue weighted by atomic mass is 32.1. The van der Waals surface area contributed by atoms with E-state index in [0.717, 1.165) is 5.56 Å². The summed E-state index contributed by atoms with van der Waals surface area (Å²) in [6, 6.07) is 2.64. The standard InChI is InChI=1S/C16H25NOS/c18-15(13-5-10-19-12-13)11-17-14-3-8-16(9-4-14)6-1-2-7-16/h5,10,12,14-15,17-18H,1-4,6-9,11H2. The van der Waals surface area contributed by atoms with E-state index >= 15 is 0 Å². The Bertz CT molecular complexity index is 373. The number of hydrogen-bond donors (Lipinski definition) is 2. The Morgan fingerprint density at radius 1 is 1.26 bits per heavy atom. The molecule has 19 heavy (non-hydrogen) atoms. The van der Waals surface area contributed by atoms with Crippen LogP contribution >= 0.6 is 11.3 Å². The first-order valence-electron chi connectivity index (χ1n) is 7.71. The average Bonchev–Trinajstić information content (AvgIpc) is 3.09. The van der Waals surface area contributed by atoms with Crippen molar-refractivity contribution in [2.45, 2.75) is 63.5 Å². The van der Waals surface area contributed by atoms with Gasteiger partial charge in [0.1, 0.15) is 0 Å². The van der Waals surface area contributed by atoms with E-state index in [9.17, 15) is 5.11 Å². The summed E-state index contributed by atoms with van der Waals surface area (Å²) in [4.78, 5) is 0. The van der Waals surface area contributed by atoms with Gasteiger partial charge < -0.3 is 10.4 Å². The molecule has 3 heteroatoms. The van der Waals surface area contributed by atoms with Crippen LogP contribution in [0.4, 0.5) is 0 Å². The van der Waals surface area contributed by atoms with Gasteiger partial charge in [-0.3, -0.25) is 0 Å². The number of hydrogen-bond acceptors (Lipinski definition) is 3. The van der Waals surface area contributed by atoms with Gasteiger partial charge in [0.15, 0.2) is 0 Å². The van der Waals surface area contributed by atoms with Crippen molar-refractivity contribution >= 4 is 11.3 Å². The molecule has 0 radical (unpaired) electrons. The Balaban J connectivity index is 1.42. The summed E-state index contributed by atoms with van der Waals surface area (Å²) in [5.74, 6) is 0. The van der Waals surface area contributed by atoms with Crippen molar-refractivity contribution in [3.05, 3.63) is 22.4 Å². The topological polar surface area (TPSA) is 32.3 Å². The third-order valence-electron chi connectivity index (χ3n) is 5.24. The fraction of sp³-hybridized carbons (Fsp3) is 0.750. The highest BCUT2D eigenvalue weighted by Gasteiger charge is 2.37. The van der Waals surface area contributed by atoms with Crippen LogP contribution in [0.3, 0.4) is 0 Å². The third kappa shape index (κ3) is 3.21. The Hall–Kier alpha value is -0.380. The normalized spacial score (nSPS) is 24.9. The molecule has 3 rings (SSSR count). The van der Waals surface area contributed by atoms with Crippen molar-refractivity contribution in [2.24, 2.45) is 5.41 Å². The number of rotatable bonds is 4. The molecule has 0 bridgehead atoms. The summed E-state index contributed by atoms with van der Waals surface area (Å²) < 4.78 is 0. The Kier molecular flexibility index (Phi) is 4.25. The summed E-state index contributed by atoms with van der Waals surface area (Å²) in [7, 11) is 0. The van der Waals surface area contributed by atoms with Gasteiger partial charge in [0.2, 0.25) is 0 Å². The smallest absolute Gasteiger partial charge is 0.0922 e. The number of aliphatic hydroxyl groups is 1. The van der Waals surface area contributed by atoms with E-state index in [-0.39, 0.29) is 6.10 Å². The monoisotopic (exact) mass is 279 g/mol. The zero-order valence-electron chi connectivity index (χ0n) is 11.6. The second kappa shape index (κ2) is 5.94. The van der Waals surface area contributed by atoms with Crippen molar-refractivity contribution in [1.82, 2.24) is 5.32 Å². The van der Waals surface area contributed by atoms with Crippen LogP contribution in [-0.2, 0) is 0 Å². The van der Waals surface area contributed by atoms with Gasteiger partial charge in [0.05, 0.1) is 6.10 Å². The van der Waals surface area contributed by atoms with E-state index in [0.29, 0.717) is 18.0 Å². The highest BCUT2D eigenvalue weighted by molar-refractivity contribution is 7.07. The molecule has 2 aliphatic carbocycles.